The average molecular weight is 403 g/mol. The Morgan fingerprint density at radius 1 is 1.18 bits per heavy atom. The Bertz CT molecular complexity index is 975. The fourth-order valence-corrected chi connectivity index (χ4v) is 5.63. The first-order valence-electron chi connectivity index (χ1n) is 9.82. The van der Waals surface area contributed by atoms with Gasteiger partial charge in [0.15, 0.2) is 0 Å². The molecule has 7 nitrogen and oxygen atoms in total. The molecule has 8 heteroatoms. The summed E-state index contributed by atoms with van der Waals surface area (Å²) in [5, 5.41) is 7.03. The van der Waals surface area contributed by atoms with Crippen LogP contribution in [-0.2, 0) is 41.3 Å². The van der Waals surface area contributed by atoms with Gasteiger partial charge in [-0.3, -0.25) is 9.48 Å². The zero-order valence-corrected chi connectivity index (χ0v) is 16.9. The Hall–Kier alpha value is -2.19. The number of nitrogens with zero attached hydrogens (tertiary/aromatic N) is 3. The zero-order valence-electron chi connectivity index (χ0n) is 16.1. The minimum Gasteiger partial charge on any atom is -0.350 e. The van der Waals surface area contributed by atoms with E-state index in [1.54, 1.807) is 16.9 Å². The van der Waals surface area contributed by atoms with Gasteiger partial charge in [-0.05, 0) is 61.4 Å². The Labute approximate surface area is 165 Å². The highest BCUT2D eigenvalue weighted by Crippen LogP contribution is 2.28. The van der Waals surface area contributed by atoms with Crippen molar-refractivity contribution in [3.05, 3.63) is 47.3 Å². The molecule has 1 aliphatic carbocycles. The van der Waals surface area contributed by atoms with Crippen LogP contribution in [0.1, 0.15) is 36.1 Å². The lowest BCUT2D eigenvalue weighted by molar-refractivity contribution is -0.126. The first-order chi connectivity index (χ1) is 13.4. The fourth-order valence-electron chi connectivity index (χ4n) is 4.11. The second kappa shape index (κ2) is 7.67. The summed E-state index contributed by atoms with van der Waals surface area (Å²) >= 11 is 0. The predicted octanol–water partition coefficient (Wildman–Crippen LogP) is 1.63. The van der Waals surface area contributed by atoms with E-state index in [1.165, 1.54) is 9.87 Å². The van der Waals surface area contributed by atoms with Crippen LogP contribution in [0.5, 0.6) is 0 Å². The van der Waals surface area contributed by atoms with Gasteiger partial charge in [-0.1, -0.05) is 6.07 Å². The minimum atomic E-state index is -3.50. The Kier molecular flexibility index (Phi) is 5.25. The van der Waals surface area contributed by atoms with Crippen LogP contribution in [0.4, 0.5) is 0 Å². The fraction of sp³-hybridized carbons (Fsp3) is 0.500. The highest BCUT2D eigenvalue weighted by atomic mass is 32.2. The number of rotatable bonds is 5. The SMILES string of the molecule is Cn1nccc1CNC(=O)C1CCN(S(=O)(=O)c2ccc3c(c2)CCC3)CC1. The van der Waals surface area contributed by atoms with Crippen molar-refractivity contribution in [3.63, 3.8) is 0 Å². The van der Waals surface area contributed by atoms with E-state index in [4.69, 9.17) is 0 Å². The average Bonchev–Trinajstić information content (AvgIpc) is 3.34. The van der Waals surface area contributed by atoms with Crippen LogP contribution in [0.15, 0.2) is 35.4 Å². The zero-order chi connectivity index (χ0) is 19.7. The molecule has 0 unspecified atom stereocenters. The maximum Gasteiger partial charge on any atom is 0.243 e. The standard InChI is InChI=1S/C20H26N4O3S/c1-23-18(7-10-22-23)14-21-20(25)16-8-11-24(12-9-16)28(26,27)19-6-5-15-3-2-4-17(15)13-19/h5-7,10,13,16H,2-4,8-9,11-12,14H2,1H3,(H,21,25). The van der Waals surface area contributed by atoms with E-state index in [9.17, 15) is 13.2 Å². The lowest BCUT2D eigenvalue weighted by Gasteiger charge is -2.30. The van der Waals surface area contributed by atoms with Crippen LogP contribution in [0, 0.1) is 5.92 Å². The van der Waals surface area contributed by atoms with Gasteiger partial charge in [-0.2, -0.15) is 9.40 Å². The van der Waals surface area contributed by atoms with Gasteiger partial charge in [0, 0.05) is 32.3 Å². The maximum atomic E-state index is 13.0. The summed E-state index contributed by atoms with van der Waals surface area (Å²) in [6, 6.07) is 7.39. The molecule has 1 saturated heterocycles. The van der Waals surface area contributed by atoms with Crippen molar-refractivity contribution in [2.75, 3.05) is 13.1 Å². The monoisotopic (exact) mass is 402 g/mol. The van der Waals surface area contributed by atoms with E-state index in [1.807, 2.05) is 25.2 Å². The molecule has 1 amide bonds. The molecule has 1 N–H and O–H groups in total. The quantitative estimate of drug-likeness (QED) is 0.824. The topological polar surface area (TPSA) is 84.3 Å². The van der Waals surface area contributed by atoms with E-state index < -0.39 is 10.0 Å². The van der Waals surface area contributed by atoms with Gasteiger partial charge >= 0.3 is 0 Å². The lowest BCUT2D eigenvalue weighted by Crippen LogP contribution is -2.43. The summed E-state index contributed by atoms with van der Waals surface area (Å²) < 4.78 is 29.2. The van der Waals surface area contributed by atoms with Crippen molar-refractivity contribution in [3.8, 4) is 0 Å². The van der Waals surface area contributed by atoms with Gasteiger partial charge in [0.2, 0.25) is 15.9 Å². The number of aromatic nitrogens is 2. The molecule has 1 fully saturated rings. The van der Waals surface area contributed by atoms with Crippen LogP contribution in [0.3, 0.4) is 0 Å². The summed E-state index contributed by atoms with van der Waals surface area (Å²) in [5.74, 6) is -0.171. The van der Waals surface area contributed by atoms with Gasteiger partial charge in [0.1, 0.15) is 0 Å². The van der Waals surface area contributed by atoms with Gasteiger partial charge in [-0.25, -0.2) is 8.42 Å². The van der Waals surface area contributed by atoms with Crippen molar-refractivity contribution in [2.45, 2.75) is 43.5 Å². The Morgan fingerprint density at radius 3 is 2.64 bits per heavy atom. The van der Waals surface area contributed by atoms with Gasteiger partial charge in [0.05, 0.1) is 17.1 Å². The molecule has 1 aromatic carbocycles. The number of hydrogen-bond acceptors (Lipinski definition) is 4. The largest absolute Gasteiger partial charge is 0.350 e. The molecular formula is C20H26N4O3S. The molecule has 2 heterocycles. The summed E-state index contributed by atoms with van der Waals surface area (Å²) in [6.07, 6.45) is 5.87. The number of aryl methyl sites for hydroxylation is 3. The lowest BCUT2D eigenvalue weighted by atomic mass is 9.97. The molecule has 0 spiro atoms. The summed E-state index contributed by atoms with van der Waals surface area (Å²) in [4.78, 5) is 12.8. The van der Waals surface area contributed by atoms with Crippen molar-refractivity contribution in [1.82, 2.24) is 19.4 Å². The second-order valence-electron chi connectivity index (χ2n) is 7.63. The van der Waals surface area contributed by atoms with Gasteiger partial charge < -0.3 is 5.32 Å². The third-order valence-corrected chi connectivity index (χ3v) is 7.79. The number of fused-ring (bicyclic) bond motifs is 1. The predicted molar refractivity (Wildman–Crippen MR) is 105 cm³/mol. The summed E-state index contributed by atoms with van der Waals surface area (Å²) in [6.45, 7) is 1.19. The molecule has 2 aliphatic rings. The molecular weight excluding hydrogens is 376 g/mol. The van der Waals surface area contributed by atoms with Crippen molar-refractivity contribution < 1.29 is 13.2 Å². The van der Waals surface area contributed by atoms with Crippen LogP contribution >= 0.6 is 0 Å². The number of carbonyl (C=O) groups is 1. The number of hydrogen-bond donors (Lipinski definition) is 1. The van der Waals surface area contributed by atoms with Crippen LogP contribution in [0.2, 0.25) is 0 Å². The first kappa shape index (κ1) is 19.1. The number of carbonyl (C=O) groups excluding carboxylic acids is 1. The Morgan fingerprint density at radius 2 is 1.93 bits per heavy atom. The third kappa shape index (κ3) is 3.71. The molecule has 2 aromatic rings. The molecule has 1 aliphatic heterocycles. The molecule has 150 valence electrons. The summed E-state index contributed by atoms with van der Waals surface area (Å²) in [5.41, 5.74) is 3.36. The number of benzene rings is 1. The highest BCUT2D eigenvalue weighted by molar-refractivity contribution is 7.89. The van der Waals surface area contributed by atoms with E-state index in [-0.39, 0.29) is 11.8 Å². The van der Waals surface area contributed by atoms with Gasteiger partial charge in [-0.15, -0.1) is 0 Å². The smallest absolute Gasteiger partial charge is 0.243 e. The van der Waals surface area contributed by atoms with E-state index >= 15 is 0 Å². The van der Waals surface area contributed by atoms with Crippen LogP contribution < -0.4 is 5.32 Å². The third-order valence-electron chi connectivity index (χ3n) is 5.90. The molecule has 28 heavy (non-hydrogen) atoms. The number of nitrogens with one attached hydrogen (secondary N) is 1. The number of amides is 1. The number of sulfonamides is 1. The van der Waals surface area contributed by atoms with E-state index in [2.05, 4.69) is 10.4 Å². The van der Waals surface area contributed by atoms with Crippen molar-refractivity contribution >= 4 is 15.9 Å². The molecule has 4 rings (SSSR count). The first-order valence-corrected chi connectivity index (χ1v) is 11.3. The molecule has 0 atom stereocenters. The van der Waals surface area contributed by atoms with E-state index in [0.29, 0.717) is 37.4 Å². The normalized spacial score (nSPS) is 18.2. The van der Waals surface area contributed by atoms with Crippen molar-refractivity contribution in [2.24, 2.45) is 13.0 Å². The molecule has 1 aromatic heterocycles. The maximum absolute atomic E-state index is 13.0. The Balaban J connectivity index is 1.35. The van der Waals surface area contributed by atoms with Crippen molar-refractivity contribution in [1.29, 1.82) is 0 Å². The van der Waals surface area contributed by atoms with Gasteiger partial charge in [0.25, 0.3) is 0 Å². The van der Waals surface area contributed by atoms with E-state index in [0.717, 1.165) is 30.5 Å². The number of piperidine rings is 1. The molecule has 0 radical (unpaired) electrons. The second-order valence-corrected chi connectivity index (χ2v) is 9.56. The highest BCUT2D eigenvalue weighted by Gasteiger charge is 2.32. The molecule has 0 bridgehead atoms. The van der Waals surface area contributed by atoms with Crippen LogP contribution in [0.25, 0.3) is 0 Å². The summed E-state index contributed by atoms with van der Waals surface area (Å²) in [7, 11) is -1.66. The minimum absolute atomic E-state index is 0.0178. The molecule has 0 saturated carbocycles. The van der Waals surface area contributed by atoms with Crippen LogP contribution in [-0.4, -0.2) is 41.5 Å².